The van der Waals surface area contributed by atoms with Gasteiger partial charge in [0.05, 0.1) is 22.6 Å². The lowest BCUT2D eigenvalue weighted by atomic mass is 10.0. The molecule has 1 aliphatic carbocycles. The second-order valence-corrected chi connectivity index (χ2v) is 9.08. The molecule has 5 nitrogen and oxygen atoms in total. The van der Waals surface area contributed by atoms with Crippen molar-refractivity contribution in [3.63, 3.8) is 0 Å². The molecule has 4 rings (SSSR count). The molecular weight excluding hydrogens is 398 g/mol. The van der Waals surface area contributed by atoms with Crippen molar-refractivity contribution in [2.45, 2.75) is 64.8 Å². The van der Waals surface area contributed by atoms with Gasteiger partial charge in [-0.2, -0.15) is 0 Å². The standard InChI is InChI=1S/C27H33N3O2/c1-4-24(29(3)25(31)17-16-20-11-5-6-12-20)26-28-23-15-8-7-14-22(23)27(32)30(26)21-13-9-10-19(2)18-21/h7-10,13-15,18,20,24H,4-6,11-12,16-17H2,1-3H3. The molecule has 5 heteroatoms. The van der Waals surface area contributed by atoms with Crippen molar-refractivity contribution in [2.24, 2.45) is 5.92 Å². The highest BCUT2D eigenvalue weighted by atomic mass is 16.2. The molecule has 1 heterocycles. The first kappa shape index (κ1) is 22.3. The minimum Gasteiger partial charge on any atom is -0.336 e. The zero-order valence-electron chi connectivity index (χ0n) is 19.4. The molecule has 1 saturated carbocycles. The summed E-state index contributed by atoms with van der Waals surface area (Å²) in [5.41, 5.74) is 2.43. The molecule has 1 fully saturated rings. The number of carbonyl (C=O) groups is 1. The van der Waals surface area contributed by atoms with Crippen LogP contribution in [0.3, 0.4) is 0 Å². The number of aryl methyl sites for hydroxylation is 1. The van der Waals surface area contributed by atoms with Gasteiger partial charge in [-0.15, -0.1) is 0 Å². The Morgan fingerprint density at radius 1 is 1.16 bits per heavy atom. The summed E-state index contributed by atoms with van der Waals surface area (Å²) in [6.07, 6.45) is 7.25. The van der Waals surface area contributed by atoms with Crippen LogP contribution in [0.25, 0.3) is 16.6 Å². The lowest BCUT2D eigenvalue weighted by Gasteiger charge is -2.29. The van der Waals surface area contributed by atoms with Gasteiger partial charge in [0.15, 0.2) is 0 Å². The van der Waals surface area contributed by atoms with Crippen LogP contribution >= 0.6 is 0 Å². The van der Waals surface area contributed by atoms with E-state index in [1.165, 1.54) is 25.7 Å². The number of nitrogens with zero attached hydrogens (tertiary/aromatic N) is 3. The number of para-hydroxylation sites is 1. The van der Waals surface area contributed by atoms with Crippen LogP contribution in [0.15, 0.2) is 53.3 Å². The SMILES string of the molecule is CCC(c1nc2ccccc2c(=O)n1-c1cccc(C)c1)N(C)C(=O)CCC1CCCC1. The van der Waals surface area contributed by atoms with E-state index in [1.807, 2.05) is 69.4 Å². The fourth-order valence-corrected chi connectivity index (χ4v) is 5.00. The summed E-state index contributed by atoms with van der Waals surface area (Å²) >= 11 is 0. The number of benzene rings is 2. The van der Waals surface area contributed by atoms with Crippen LogP contribution in [-0.2, 0) is 4.79 Å². The summed E-state index contributed by atoms with van der Waals surface area (Å²) < 4.78 is 1.70. The minimum absolute atomic E-state index is 0.0959. The zero-order valence-corrected chi connectivity index (χ0v) is 19.4. The van der Waals surface area contributed by atoms with Crippen LogP contribution in [0.1, 0.15) is 69.3 Å². The highest BCUT2D eigenvalue weighted by Crippen LogP contribution is 2.30. The number of hydrogen-bond acceptors (Lipinski definition) is 3. The smallest absolute Gasteiger partial charge is 0.266 e. The third-order valence-electron chi connectivity index (χ3n) is 6.85. The second kappa shape index (κ2) is 9.68. The van der Waals surface area contributed by atoms with Gasteiger partial charge >= 0.3 is 0 Å². The average molecular weight is 432 g/mol. The van der Waals surface area contributed by atoms with E-state index >= 15 is 0 Å². The molecule has 0 spiro atoms. The molecule has 2 aromatic carbocycles. The van der Waals surface area contributed by atoms with Gasteiger partial charge < -0.3 is 4.90 Å². The normalized spacial score (nSPS) is 15.2. The third-order valence-corrected chi connectivity index (χ3v) is 6.85. The maximum atomic E-state index is 13.6. The molecule has 1 aliphatic rings. The van der Waals surface area contributed by atoms with E-state index in [-0.39, 0.29) is 17.5 Å². The predicted octanol–water partition coefficient (Wildman–Crippen LogP) is 5.57. The highest BCUT2D eigenvalue weighted by Gasteiger charge is 2.27. The Kier molecular flexibility index (Phi) is 6.73. The molecule has 0 radical (unpaired) electrons. The monoisotopic (exact) mass is 431 g/mol. The highest BCUT2D eigenvalue weighted by molar-refractivity contribution is 5.79. The molecule has 3 aromatic rings. The fourth-order valence-electron chi connectivity index (χ4n) is 5.00. The molecule has 1 atom stereocenters. The molecule has 1 unspecified atom stereocenters. The van der Waals surface area contributed by atoms with Crippen molar-refractivity contribution in [1.82, 2.24) is 14.5 Å². The first-order valence-corrected chi connectivity index (χ1v) is 11.8. The Morgan fingerprint density at radius 3 is 2.62 bits per heavy atom. The first-order chi connectivity index (χ1) is 15.5. The number of fused-ring (bicyclic) bond motifs is 1. The van der Waals surface area contributed by atoms with Gasteiger partial charge in [0.25, 0.3) is 5.56 Å². The summed E-state index contributed by atoms with van der Waals surface area (Å²) in [7, 11) is 1.85. The van der Waals surface area contributed by atoms with Crippen LogP contribution in [0.2, 0.25) is 0 Å². The number of aromatic nitrogens is 2. The zero-order chi connectivity index (χ0) is 22.7. The van der Waals surface area contributed by atoms with Crippen LogP contribution < -0.4 is 5.56 Å². The lowest BCUT2D eigenvalue weighted by Crippen LogP contribution is -2.36. The molecule has 1 amide bonds. The Hall–Kier alpha value is -2.95. The van der Waals surface area contributed by atoms with E-state index in [2.05, 4.69) is 0 Å². The van der Waals surface area contributed by atoms with E-state index in [1.54, 1.807) is 9.47 Å². The average Bonchev–Trinajstić information content (AvgIpc) is 3.32. The molecule has 0 N–H and O–H groups in total. The number of hydrogen-bond donors (Lipinski definition) is 0. The van der Waals surface area contributed by atoms with Gasteiger partial charge in [-0.3, -0.25) is 14.2 Å². The fraction of sp³-hybridized carbons (Fsp3) is 0.444. The number of amides is 1. The third kappa shape index (κ3) is 4.47. The molecule has 32 heavy (non-hydrogen) atoms. The van der Waals surface area contributed by atoms with Gasteiger partial charge in [0, 0.05) is 13.5 Å². The van der Waals surface area contributed by atoms with E-state index in [0.29, 0.717) is 35.5 Å². The second-order valence-electron chi connectivity index (χ2n) is 9.08. The molecule has 1 aromatic heterocycles. The van der Waals surface area contributed by atoms with Crippen molar-refractivity contribution in [3.8, 4) is 5.69 Å². The van der Waals surface area contributed by atoms with Crippen LogP contribution in [0.4, 0.5) is 0 Å². The number of carbonyl (C=O) groups excluding carboxylic acids is 1. The lowest BCUT2D eigenvalue weighted by molar-refractivity contribution is -0.132. The van der Waals surface area contributed by atoms with Gasteiger partial charge in [-0.25, -0.2) is 4.98 Å². The molecule has 0 aliphatic heterocycles. The summed E-state index contributed by atoms with van der Waals surface area (Å²) in [5.74, 6) is 1.43. The first-order valence-electron chi connectivity index (χ1n) is 11.8. The van der Waals surface area contributed by atoms with Gasteiger partial charge in [-0.1, -0.05) is 56.9 Å². The van der Waals surface area contributed by atoms with Gasteiger partial charge in [-0.05, 0) is 55.5 Å². The predicted molar refractivity (Wildman–Crippen MR) is 129 cm³/mol. The van der Waals surface area contributed by atoms with E-state index < -0.39 is 0 Å². The Balaban J connectivity index is 1.75. The van der Waals surface area contributed by atoms with Gasteiger partial charge in [0.1, 0.15) is 5.82 Å². The van der Waals surface area contributed by atoms with Crippen molar-refractivity contribution in [1.29, 1.82) is 0 Å². The van der Waals surface area contributed by atoms with Crippen molar-refractivity contribution >= 4 is 16.8 Å². The van der Waals surface area contributed by atoms with E-state index in [9.17, 15) is 9.59 Å². The molecule has 0 saturated heterocycles. The van der Waals surface area contributed by atoms with Gasteiger partial charge in [0.2, 0.25) is 5.91 Å². The van der Waals surface area contributed by atoms with Crippen LogP contribution in [0.5, 0.6) is 0 Å². The molecular formula is C27H33N3O2. The minimum atomic E-state index is -0.274. The quantitative estimate of drug-likeness (QED) is 0.491. The van der Waals surface area contributed by atoms with Crippen LogP contribution in [-0.4, -0.2) is 27.4 Å². The van der Waals surface area contributed by atoms with Crippen molar-refractivity contribution in [3.05, 3.63) is 70.3 Å². The van der Waals surface area contributed by atoms with Crippen molar-refractivity contribution < 1.29 is 4.79 Å². The Morgan fingerprint density at radius 2 is 1.91 bits per heavy atom. The summed E-state index contributed by atoms with van der Waals surface area (Å²) in [5, 5.41) is 0.586. The maximum Gasteiger partial charge on any atom is 0.266 e. The Bertz CT molecular complexity index is 1160. The topological polar surface area (TPSA) is 55.2 Å². The largest absolute Gasteiger partial charge is 0.336 e. The summed E-state index contributed by atoms with van der Waals surface area (Å²) in [4.78, 5) is 33.5. The maximum absolute atomic E-state index is 13.6. The number of rotatable bonds is 7. The molecule has 168 valence electrons. The molecule has 0 bridgehead atoms. The summed E-state index contributed by atoms with van der Waals surface area (Å²) in [6, 6.07) is 15.1. The van der Waals surface area contributed by atoms with Crippen molar-refractivity contribution in [2.75, 3.05) is 7.05 Å². The Labute approximate surface area is 190 Å². The summed E-state index contributed by atoms with van der Waals surface area (Å²) in [6.45, 7) is 4.06. The van der Waals surface area contributed by atoms with Crippen LogP contribution in [0, 0.1) is 12.8 Å². The van der Waals surface area contributed by atoms with E-state index in [4.69, 9.17) is 4.98 Å². The van der Waals surface area contributed by atoms with E-state index in [0.717, 1.165) is 17.7 Å².